The molecule has 0 heterocycles. The lowest BCUT2D eigenvalue weighted by molar-refractivity contribution is 1.02. The summed E-state index contributed by atoms with van der Waals surface area (Å²) in [4.78, 5) is 0. The minimum Gasteiger partial charge on any atom is -0.0657 e. The van der Waals surface area contributed by atoms with Crippen molar-refractivity contribution < 1.29 is 0 Å². The molecule has 3 heteroatoms. The molecule has 0 rings (SSSR count). The van der Waals surface area contributed by atoms with Crippen LogP contribution in [0.3, 0.4) is 0 Å². The standard InChI is InChI=1S/C6H14Si3/c1-3-5-9(8-7)6-4-2/h3-6H2,1-2H3. The molecule has 0 aliphatic carbocycles. The van der Waals surface area contributed by atoms with Crippen molar-refractivity contribution in [3.05, 3.63) is 0 Å². The first-order valence-corrected chi connectivity index (χ1v) is 9.04. The summed E-state index contributed by atoms with van der Waals surface area (Å²) in [5, 5.41) is 0. The molecule has 0 spiro atoms. The Morgan fingerprint density at radius 2 is 1.67 bits per heavy atom. The van der Waals surface area contributed by atoms with Crippen LogP contribution in [0, 0.1) is 0 Å². The highest BCUT2D eigenvalue weighted by Crippen LogP contribution is 2.02. The molecule has 0 saturated carbocycles. The molecular weight excluding hydrogens is 156 g/mol. The molecule has 0 aliphatic heterocycles. The second-order valence-electron chi connectivity index (χ2n) is 2.23. The summed E-state index contributed by atoms with van der Waals surface area (Å²) < 4.78 is 0. The number of hydrogen-bond acceptors (Lipinski definition) is 0. The van der Waals surface area contributed by atoms with Crippen molar-refractivity contribution in [2.75, 3.05) is 0 Å². The summed E-state index contributed by atoms with van der Waals surface area (Å²) >= 11 is 0. The van der Waals surface area contributed by atoms with Gasteiger partial charge in [0.1, 0.15) is 0 Å². The molecule has 0 aliphatic rings. The van der Waals surface area contributed by atoms with Crippen LogP contribution in [0.5, 0.6) is 0 Å². The maximum absolute atomic E-state index is 3.64. The predicted octanol–water partition coefficient (Wildman–Crippen LogP) is 1.59. The summed E-state index contributed by atoms with van der Waals surface area (Å²) in [5.74, 6) is 0. The van der Waals surface area contributed by atoms with E-state index >= 15 is 0 Å². The molecule has 0 atom stereocenters. The Bertz CT molecular complexity index is 50.3. The molecule has 0 aromatic carbocycles. The first-order chi connectivity index (χ1) is 4.35. The van der Waals surface area contributed by atoms with Gasteiger partial charge in [0.05, 0.1) is 0 Å². The minimum atomic E-state index is 0.0556. The van der Waals surface area contributed by atoms with Crippen molar-refractivity contribution in [1.29, 1.82) is 0 Å². The molecular formula is C6H14Si3. The highest BCUT2D eigenvalue weighted by atomic mass is 29.5. The molecule has 6 radical (unpaired) electrons. The van der Waals surface area contributed by atoms with Crippen LogP contribution in [0.15, 0.2) is 0 Å². The van der Waals surface area contributed by atoms with Gasteiger partial charge in [-0.05, 0) is 0 Å². The second-order valence-corrected chi connectivity index (χ2v) is 9.81. The van der Waals surface area contributed by atoms with E-state index in [9.17, 15) is 0 Å². The second kappa shape index (κ2) is 6.77. The zero-order valence-electron chi connectivity index (χ0n) is 6.33. The van der Waals surface area contributed by atoms with E-state index in [1.807, 2.05) is 0 Å². The van der Waals surface area contributed by atoms with E-state index in [1.54, 1.807) is 0 Å². The molecule has 0 N–H and O–H groups in total. The van der Waals surface area contributed by atoms with E-state index in [0.29, 0.717) is 0 Å². The smallest absolute Gasteiger partial charge is 0.0303 e. The summed E-state index contributed by atoms with van der Waals surface area (Å²) in [6.07, 6.45) is 2.76. The van der Waals surface area contributed by atoms with Gasteiger partial charge in [0, 0.05) is 26.6 Å². The van der Waals surface area contributed by atoms with Gasteiger partial charge < -0.3 is 0 Å². The summed E-state index contributed by atoms with van der Waals surface area (Å²) in [5.41, 5.74) is 0. The Hall–Kier alpha value is 0.651. The van der Waals surface area contributed by atoms with E-state index in [2.05, 4.69) is 23.6 Å². The third-order valence-corrected chi connectivity index (χ3v) is 9.58. The zero-order valence-corrected chi connectivity index (χ0v) is 9.33. The average Bonchev–Trinajstić information content (AvgIpc) is 1.88. The lowest BCUT2D eigenvalue weighted by Gasteiger charge is -2.07. The van der Waals surface area contributed by atoms with E-state index in [1.165, 1.54) is 24.9 Å². The van der Waals surface area contributed by atoms with Crippen LogP contribution in [-0.2, 0) is 0 Å². The molecule has 0 bridgehead atoms. The lowest BCUT2D eigenvalue weighted by atomic mass is 10.6. The first kappa shape index (κ1) is 9.65. The molecule has 0 unspecified atom stereocenters. The Morgan fingerprint density at radius 1 is 1.22 bits per heavy atom. The Morgan fingerprint density at radius 3 is 1.89 bits per heavy atom. The van der Waals surface area contributed by atoms with Gasteiger partial charge in [-0.25, -0.2) is 0 Å². The van der Waals surface area contributed by atoms with Gasteiger partial charge in [0.25, 0.3) is 0 Å². The molecule has 0 nitrogen and oxygen atoms in total. The van der Waals surface area contributed by atoms with Crippen molar-refractivity contribution in [1.82, 2.24) is 0 Å². The van der Waals surface area contributed by atoms with E-state index in [4.69, 9.17) is 0 Å². The van der Waals surface area contributed by atoms with Gasteiger partial charge in [-0.15, -0.1) is 0 Å². The Labute approximate surface area is 65.9 Å². The maximum Gasteiger partial charge on any atom is 0.0303 e. The van der Waals surface area contributed by atoms with Crippen LogP contribution < -0.4 is 0 Å². The van der Waals surface area contributed by atoms with Crippen molar-refractivity contribution in [3.63, 3.8) is 0 Å². The summed E-state index contributed by atoms with van der Waals surface area (Å²) in [6.45, 7) is 4.57. The fourth-order valence-electron chi connectivity index (χ4n) is 0.854. The zero-order chi connectivity index (χ0) is 7.11. The van der Waals surface area contributed by atoms with Gasteiger partial charge in [0.2, 0.25) is 0 Å². The highest BCUT2D eigenvalue weighted by Gasteiger charge is 2.04. The van der Waals surface area contributed by atoms with Gasteiger partial charge in [0.15, 0.2) is 0 Å². The predicted molar refractivity (Wildman–Crippen MR) is 47.5 cm³/mol. The van der Waals surface area contributed by atoms with Gasteiger partial charge in [-0.3, -0.25) is 0 Å². The van der Waals surface area contributed by atoms with E-state index in [-0.39, 0.29) is 8.31 Å². The average molecular weight is 170 g/mol. The molecule has 9 heavy (non-hydrogen) atoms. The van der Waals surface area contributed by atoms with Crippen LogP contribution >= 0.6 is 0 Å². The van der Waals surface area contributed by atoms with E-state index < -0.39 is 0 Å². The van der Waals surface area contributed by atoms with Crippen LogP contribution in [0.4, 0.5) is 0 Å². The van der Waals surface area contributed by atoms with Crippen molar-refractivity contribution in [2.24, 2.45) is 0 Å². The topological polar surface area (TPSA) is 0 Å². The molecule has 0 aromatic rings. The van der Waals surface area contributed by atoms with Crippen LogP contribution in [-0.4, -0.2) is 26.6 Å². The van der Waals surface area contributed by atoms with Gasteiger partial charge >= 0.3 is 0 Å². The third kappa shape index (κ3) is 5.11. The summed E-state index contributed by atoms with van der Waals surface area (Å²) in [7, 11) is 4.76. The van der Waals surface area contributed by atoms with Crippen LogP contribution in [0.1, 0.15) is 26.7 Å². The molecule has 0 saturated heterocycles. The number of rotatable bonds is 5. The Kier molecular flexibility index (Phi) is 7.26. The molecule has 0 amide bonds. The molecule has 50 valence electrons. The fraction of sp³-hybridized carbons (Fsp3) is 1.00. The van der Waals surface area contributed by atoms with Crippen LogP contribution in [0.2, 0.25) is 12.1 Å². The molecule has 0 fully saturated rings. The van der Waals surface area contributed by atoms with Gasteiger partial charge in [-0.2, -0.15) is 0 Å². The monoisotopic (exact) mass is 170 g/mol. The van der Waals surface area contributed by atoms with Crippen molar-refractivity contribution in [3.8, 4) is 0 Å². The van der Waals surface area contributed by atoms with Crippen molar-refractivity contribution in [2.45, 2.75) is 38.8 Å². The largest absolute Gasteiger partial charge is 0.0657 e. The highest BCUT2D eigenvalue weighted by molar-refractivity contribution is 7.31. The minimum absolute atomic E-state index is 0.0556. The summed E-state index contributed by atoms with van der Waals surface area (Å²) in [6, 6.07) is 3.00. The molecule has 0 aromatic heterocycles. The third-order valence-electron chi connectivity index (χ3n) is 1.28. The quantitative estimate of drug-likeness (QED) is 0.550. The normalized spacial score (nSPS) is 10.7. The van der Waals surface area contributed by atoms with Crippen LogP contribution in [0.25, 0.3) is 0 Å². The SMILES string of the molecule is CCC[Si](CCC)[Si][Si]. The maximum atomic E-state index is 3.64. The lowest BCUT2D eigenvalue weighted by Crippen LogP contribution is -2.21. The van der Waals surface area contributed by atoms with Crippen molar-refractivity contribution >= 4 is 26.6 Å². The Balaban J connectivity index is 3.18. The first-order valence-electron chi connectivity index (χ1n) is 3.62. The van der Waals surface area contributed by atoms with E-state index in [0.717, 1.165) is 8.55 Å². The van der Waals surface area contributed by atoms with Gasteiger partial charge in [-0.1, -0.05) is 38.8 Å². The number of hydrogen-bond donors (Lipinski definition) is 0. The fourth-order valence-corrected chi connectivity index (χ4v) is 7.06.